The van der Waals surface area contributed by atoms with Crippen LogP contribution in [-0.2, 0) is 0 Å². The first-order chi connectivity index (χ1) is 10.1. The van der Waals surface area contributed by atoms with Crippen molar-refractivity contribution in [2.75, 3.05) is 51.7 Å². The van der Waals surface area contributed by atoms with E-state index in [1.165, 1.54) is 6.33 Å². The van der Waals surface area contributed by atoms with Crippen LogP contribution in [-0.4, -0.2) is 72.5 Å². The van der Waals surface area contributed by atoms with Crippen molar-refractivity contribution in [3.63, 3.8) is 0 Å². The highest BCUT2D eigenvalue weighted by molar-refractivity contribution is 5.92. The summed E-state index contributed by atoms with van der Waals surface area (Å²) >= 11 is 0. The Morgan fingerprint density at radius 1 is 1.29 bits per heavy atom. The largest absolute Gasteiger partial charge is 0.354 e. The average molecular weight is 291 g/mol. The molecule has 2 heterocycles. The lowest BCUT2D eigenvalue weighted by Crippen LogP contribution is -2.45. The summed E-state index contributed by atoms with van der Waals surface area (Å²) in [6, 6.07) is 1.82. The van der Waals surface area contributed by atoms with E-state index in [1.54, 1.807) is 4.90 Å². The molecule has 21 heavy (non-hydrogen) atoms. The molecule has 0 N–H and O–H groups in total. The Labute approximate surface area is 126 Å². The van der Waals surface area contributed by atoms with Gasteiger partial charge in [0.2, 0.25) is 0 Å². The number of hydrogen-bond acceptors (Lipinski definition) is 5. The minimum absolute atomic E-state index is 0.0266. The fourth-order valence-corrected chi connectivity index (χ4v) is 2.36. The fraction of sp³-hybridized carbons (Fsp3) is 0.667. The molecule has 1 aromatic rings. The van der Waals surface area contributed by atoms with E-state index in [4.69, 9.17) is 0 Å². The second-order valence-corrected chi connectivity index (χ2v) is 5.63. The van der Waals surface area contributed by atoms with E-state index in [9.17, 15) is 4.79 Å². The van der Waals surface area contributed by atoms with Gasteiger partial charge in [0, 0.05) is 45.8 Å². The standard InChI is InChI=1S/C15H25N5O/c1-4-5-6-19(3)15(21)13-11-14(17-12-16-13)20-9-7-18(2)8-10-20/h11-12H,4-10H2,1-3H3. The number of anilines is 1. The normalized spacial score (nSPS) is 16.0. The van der Waals surface area contributed by atoms with Crippen LogP contribution in [0.4, 0.5) is 5.82 Å². The second-order valence-electron chi connectivity index (χ2n) is 5.63. The summed E-state index contributed by atoms with van der Waals surface area (Å²) in [5.74, 6) is 0.826. The summed E-state index contributed by atoms with van der Waals surface area (Å²) < 4.78 is 0. The van der Waals surface area contributed by atoms with Gasteiger partial charge in [0.15, 0.2) is 0 Å². The van der Waals surface area contributed by atoms with E-state index < -0.39 is 0 Å². The summed E-state index contributed by atoms with van der Waals surface area (Å²) in [7, 11) is 3.95. The zero-order valence-corrected chi connectivity index (χ0v) is 13.2. The average Bonchev–Trinajstić information content (AvgIpc) is 2.52. The van der Waals surface area contributed by atoms with Crippen molar-refractivity contribution in [1.29, 1.82) is 0 Å². The molecular formula is C15H25N5O. The lowest BCUT2D eigenvalue weighted by atomic mass is 10.2. The molecule has 1 fully saturated rings. The first-order valence-electron chi connectivity index (χ1n) is 7.62. The molecule has 1 aliphatic rings. The number of likely N-dealkylation sites (N-methyl/N-ethyl adjacent to an activating group) is 1. The van der Waals surface area contributed by atoms with E-state index in [1.807, 2.05) is 13.1 Å². The highest BCUT2D eigenvalue weighted by Gasteiger charge is 2.18. The van der Waals surface area contributed by atoms with Crippen molar-refractivity contribution < 1.29 is 4.79 Å². The molecule has 0 aliphatic carbocycles. The number of hydrogen-bond donors (Lipinski definition) is 0. The van der Waals surface area contributed by atoms with Crippen molar-refractivity contribution in [2.45, 2.75) is 19.8 Å². The van der Waals surface area contributed by atoms with Gasteiger partial charge < -0.3 is 14.7 Å². The van der Waals surface area contributed by atoms with Gasteiger partial charge in [0.1, 0.15) is 17.8 Å². The Kier molecular flexibility index (Phi) is 5.50. The molecule has 0 aromatic carbocycles. The Morgan fingerprint density at radius 3 is 2.67 bits per heavy atom. The van der Waals surface area contributed by atoms with Crippen LogP contribution >= 0.6 is 0 Å². The number of carbonyl (C=O) groups excluding carboxylic acids is 1. The van der Waals surface area contributed by atoms with Crippen LogP contribution in [0.25, 0.3) is 0 Å². The monoisotopic (exact) mass is 291 g/mol. The van der Waals surface area contributed by atoms with Crippen molar-refractivity contribution >= 4 is 11.7 Å². The van der Waals surface area contributed by atoms with E-state index in [0.717, 1.165) is 51.4 Å². The molecule has 0 unspecified atom stereocenters. The van der Waals surface area contributed by atoms with Gasteiger partial charge in [0.25, 0.3) is 5.91 Å². The van der Waals surface area contributed by atoms with Crippen LogP contribution in [0.2, 0.25) is 0 Å². The summed E-state index contributed by atoms with van der Waals surface area (Å²) in [6.07, 6.45) is 3.58. The summed E-state index contributed by atoms with van der Waals surface area (Å²) in [6.45, 7) is 6.80. The van der Waals surface area contributed by atoms with Crippen LogP contribution in [0, 0.1) is 0 Å². The zero-order chi connectivity index (χ0) is 15.2. The van der Waals surface area contributed by atoms with Gasteiger partial charge >= 0.3 is 0 Å². The third-order valence-corrected chi connectivity index (χ3v) is 3.89. The number of nitrogens with zero attached hydrogens (tertiary/aromatic N) is 5. The summed E-state index contributed by atoms with van der Waals surface area (Å²) in [4.78, 5) is 27.0. The van der Waals surface area contributed by atoms with E-state index in [0.29, 0.717) is 5.69 Å². The maximum Gasteiger partial charge on any atom is 0.272 e. The Morgan fingerprint density at radius 2 is 2.00 bits per heavy atom. The molecule has 0 bridgehead atoms. The predicted molar refractivity (Wildman–Crippen MR) is 83.6 cm³/mol. The van der Waals surface area contributed by atoms with Crippen LogP contribution in [0.1, 0.15) is 30.3 Å². The molecule has 2 rings (SSSR count). The third kappa shape index (κ3) is 4.14. The minimum Gasteiger partial charge on any atom is -0.354 e. The van der Waals surface area contributed by atoms with Crippen molar-refractivity contribution in [1.82, 2.24) is 19.8 Å². The molecule has 1 aromatic heterocycles. The molecule has 1 amide bonds. The molecule has 0 spiro atoms. The molecule has 0 radical (unpaired) electrons. The number of rotatable bonds is 5. The lowest BCUT2D eigenvalue weighted by Gasteiger charge is -2.33. The molecule has 0 atom stereocenters. The van der Waals surface area contributed by atoms with Crippen LogP contribution in [0.15, 0.2) is 12.4 Å². The first kappa shape index (κ1) is 15.7. The molecule has 6 heteroatoms. The van der Waals surface area contributed by atoms with Gasteiger partial charge in [-0.1, -0.05) is 13.3 Å². The lowest BCUT2D eigenvalue weighted by molar-refractivity contribution is 0.0787. The Balaban J connectivity index is 2.05. The highest BCUT2D eigenvalue weighted by Crippen LogP contribution is 2.14. The third-order valence-electron chi connectivity index (χ3n) is 3.89. The number of carbonyl (C=O) groups is 1. The smallest absolute Gasteiger partial charge is 0.272 e. The maximum absolute atomic E-state index is 12.3. The van der Waals surface area contributed by atoms with Crippen molar-refractivity contribution in [2.24, 2.45) is 0 Å². The van der Waals surface area contributed by atoms with Gasteiger partial charge in [-0.15, -0.1) is 0 Å². The Bertz CT molecular complexity index is 471. The van der Waals surface area contributed by atoms with E-state index in [-0.39, 0.29) is 5.91 Å². The van der Waals surface area contributed by atoms with Crippen LogP contribution in [0.3, 0.4) is 0 Å². The fourth-order valence-electron chi connectivity index (χ4n) is 2.36. The number of unbranched alkanes of at least 4 members (excludes halogenated alkanes) is 1. The molecule has 6 nitrogen and oxygen atoms in total. The Hall–Kier alpha value is -1.69. The van der Waals surface area contributed by atoms with Gasteiger partial charge in [-0.2, -0.15) is 0 Å². The second kappa shape index (κ2) is 7.36. The molecule has 116 valence electrons. The van der Waals surface area contributed by atoms with E-state index >= 15 is 0 Å². The number of amides is 1. The molecule has 1 aliphatic heterocycles. The zero-order valence-electron chi connectivity index (χ0n) is 13.2. The van der Waals surface area contributed by atoms with Gasteiger partial charge in [0.05, 0.1) is 0 Å². The topological polar surface area (TPSA) is 52.6 Å². The molecule has 1 saturated heterocycles. The van der Waals surface area contributed by atoms with Crippen LogP contribution in [0.5, 0.6) is 0 Å². The quantitative estimate of drug-likeness (QED) is 0.813. The molecule has 0 saturated carbocycles. The SMILES string of the molecule is CCCCN(C)C(=O)c1cc(N2CCN(C)CC2)ncn1. The number of aromatic nitrogens is 2. The van der Waals surface area contributed by atoms with Crippen molar-refractivity contribution in [3.05, 3.63) is 18.1 Å². The number of piperazine rings is 1. The van der Waals surface area contributed by atoms with Crippen LogP contribution < -0.4 is 4.90 Å². The predicted octanol–water partition coefficient (Wildman–Crippen LogP) is 1.10. The van der Waals surface area contributed by atoms with Gasteiger partial charge in [-0.25, -0.2) is 9.97 Å². The maximum atomic E-state index is 12.3. The summed E-state index contributed by atoms with van der Waals surface area (Å²) in [5.41, 5.74) is 0.484. The van der Waals surface area contributed by atoms with Gasteiger partial charge in [-0.3, -0.25) is 4.79 Å². The minimum atomic E-state index is -0.0266. The first-order valence-corrected chi connectivity index (χ1v) is 7.62. The summed E-state index contributed by atoms with van der Waals surface area (Å²) in [5, 5.41) is 0. The van der Waals surface area contributed by atoms with E-state index in [2.05, 4.69) is 33.7 Å². The van der Waals surface area contributed by atoms with Crippen molar-refractivity contribution in [3.8, 4) is 0 Å². The van der Waals surface area contributed by atoms with Gasteiger partial charge in [-0.05, 0) is 13.5 Å². The molecular weight excluding hydrogens is 266 g/mol. The highest BCUT2D eigenvalue weighted by atomic mass is 16.2.